The summed E-state index contributed by atoms with van der Waals surface area (Å²) in [6, 6.07) is 7.73. The summed E-state index contributed by atoms with van der Waals surface area (Å²) in [6.45, 7) is 8.49. The molecule has 1 aromatic heterocycles. The summed E-state index contributed by atoms with van der Waals surface area (Å²) in [6.07, 6.45) is 0. The SMILES string of the molecule is Cc1sc(C(N)C(C)(C)C)nc1-c1ccc(Cl)cc1. The van der Waals surface area contributed by atoms with E-state index in [1.165, 1.54) is 4.88 Å². The van der Waals surface area contributed by atoms with Crippen LogP contribution in [0.25, 0.3) is 11.3 Å². The highest BCUT2D eigenvalue weighted by Gasteiger charge is 2.26. The average molecular weight is 295 g/mol. The van der Waals surface area contributed by atoms with E-state index in [2.05, 4.69) is 27.7 Å². The summed E-state index contributed by atoms with van der Waals surface area (Å²) in [5.74, 6) is 0. The molecule has 0 amide bonds. The van der Waals surface area contributed by atoms with Crippen LogP contribution in [0.15, 0.2) is 24.3 Å². The fourth-order valence-corrected chi connectivity index (χ4v) is 3.11. The van der Waals surface area contributed by atoms with E-state index in [1.54, 1.807) is 11.3 Å². The van der Waals surface area contributed by atoms with Crippen LogP contribution in [0.1, 0.15) is 36.7 Å². The summed E-state index contributed by atoms with van der Waals surface area (Å²) >= 11 is 7.60. The first kappa shape index (κ1) is 14.5. The maximum atomic E-state index is 6.28. The molecule has 1 atom stereocenters. The maximum absolute atomic E-state index is 6.28. The van der Waals surface area contributed by atoms with Crippen molar-refractivity contribution in [3.05, 3.63) is 39.2 Å². The lowest BCUT2D eigenvalue weighted by Crippen LogP contribution is -2.26. The Morgan fingerprint density at radius 3 is 2.32 bits per heavy atom. The quantitative estimate of drug-likeness (QED) is 0.862. The molecule has 0 saturated carbocycles. The van der Waals surface area contributed by atoms with Gasteiger partial charge < -0.3 is 5.73 Å². The molecular formula is C15H19ClN2S. The molecule has 0 fully saturated rings. The summed E-state index contributed by atoms with van der Waals surface area (Å²) in [5, 5.41) is 1.73. The molecule has 1 heterocycles. The first-order valence-corrected chi connectivity index (χ1v) is 7.47. The topological polar surface area (TPSA) is 38.9 Å². The van der Waals surface area contributed by atoms with Crippen molar-refractivity contribution in [2.75, 3.05) is 0 Å². The number of nitrogens with two attached hydrogens (primary N) is 1. The molecule has 4 heteroatoms. The van der Waals surface area contributed by atoms with Gasteiger partial charge in [-0.3, -0.25) is 0 Å². The zero-order chi connectivity index (χ0) is 14.2. The van der Waals surface area contributed by atoms with E-state index in [4.69, 9.17) is 22.3 Å². The van der Waals surface area contributed by atoms with Crippen LogP contribution >= 0.6 is 22.9 Å². The van der Waals surface area contributed by atoms with Crippen molar-refractivity contribution in [1.29, 1.82) is 0 Å². The van der Waals surface area contributed by atoms with E-state index in [1.807, 2.05) is 24.3 Å². The number of nitrogens with zero attached hydrogens (tertiary/aromatic N) is 1. The van der Waals surface area contributed by atoms with Gasteiger partial charge in [0.2, 0.25) is 0 Å². The largest absolute Gasteiger partial charge is 0.322 e. The van der Waals surface area contributed by atoms with Crippen molar-refractivity contribution < 1.29 is 0 Å². The second-order valence-electron chi connectivity index (χ2n) is 5.81. The Morgan fingerprint density at radius 2 is 1.79 bits per heavy atom. The lowest BCUT2D eigenvalue weighted by atomic mass is 9.88. The summed E-state index contributed by atoms with van der Waals surface area (Å²) < 4.78 is 0. The minimum absolute atomic E-state index is 0.0154. The predicted octanol–water partition coefficient (Wildman–Crippen LogP) is 4.82. The lowest BCUT2D eigenvalue weighted by Gasteiger charge is -2.24. The van der Waals surface area contributed by atoms with Gasteiger partial charge in [0.25, 0.3) is 0 Å². The van der Waals surface area contributed by atoms with E-state index < -0.39 is 0 Å². The van der Waals surface area contributed by atoms with Gasteiger partial charge in [0.1, 0.15) is 5.01 Å². The molecule has 1 unspecified atom stereocenters. The second-order valence-corrected chi connectivity index (χ2v) is 7.48. The summed E-state index contributed by atoms with van der Waals surface area (Å²) in [4.78, 5) is 5.92. The highest BCUT2D eigenvalue weighted by atomic mass is 35.5. The number of aromatic nitrogens is 1. The van der Waals surface area contributed by atoms with Gasteiger partial charge in [-0.05, 0) is 24.5 Å². The Balaban J connectivity index is 2.39. The van der Waals surface area contributed by atoms with Crippen LogP contribution in [0.4, 0.5) is 0 Å². The number of thiazole rings is 1. The van der Waals surface area contributed by atoms with Crippen molar-refractivity contribution >= 4 is 22.9 Å². The molecule has 0 bridgehead atoms. The molecular weight excluding hydrogens is 276 g/mol. The number of hydrogen-bond donors (Lipinski definition) is 1. The van der Waals surface area contributed by atoms with Crippen molar-refractivity contribution in [2.24, 2.45) is 11.1 Å². The molecule has 0 aliphatic carbocycles. The normalized spacial score (nSPS) is 13.6. The standard InChI is InChI=1S/C15H19ClN2S/c1-9-12(10-5-7-11(16)8-6-10)18-14(19-9)13(17)15(2,3)4/h5-8,13H,17H2,1-4H3. The van der Waals surface area contributed by atoms with Gasteiger partial charge in [-0.1, -0.05) is 44.5 Å². The van der Waals surface area contributed by atoms with Crippen LogP contribution in [0.5, 0.6) is 0 Å². The van der Waals surface area contributed by atoms with Gasteiger partial charge >= 0.3 is 0 Å². The van der Waals surface area contributed by atoms with E-state index in [9.17, 15) is 0 Å². The van der Waals surface area contributed by atoms with Gasteiger partial charge in [0, 0.05) is 15.5 Å². The van der Waals surface area contributed by atoms with Gasteiger partial charge in [-0.2, -0.15) is 0 Å². The molecule has 0 aliphatic heterocycles. The third-order valence-corrected chi connectivity index (χ3v) is 4.44. The minimum Gasteiger partial charge on any atom is -0.322 e. The predicted molar refractivity (Wildman–Crippen MR) is 83.7 cm³/mol. The van der Waals surface area contributed by atoms with E-state index in [0.717, 1.165) is 21.3 Å². The number of hydrogen-bond acceptors (Lipinski definition) is 3. The molecule has 0 aliphatic rings. The van der Waals surface area contributed by atoms with Gasteiger partial charge in [-0.15, -0.1) is 11.3 Å². The van der Waals surface area contributed by atoms with Crippen molar-refractivity contribution in [3.8, 4) is 11.3 Å². The molecule has 2 aromatic rings. The first-order chi connectivity index (χ1) is 8.79. The summed E-state index contributed by atoms with van der Waals surface area (Å²) in [7, 11) is 0. The summed E-state index contributed by atoms with van der Waals surface area (Å²) in [5.41, 5.74) is 8.40. The Labute approximate surface area is 123 Å². The zero-order valence-electron chi connectivity index (χ0n) is 11.7. The van der Waals surface area contributed by atoms with Gasteiger partial charge in [0.15, 0.2) is 0 Å². The Hall–Kier alpha value is -0.900. The second kappa shape index (κ2) is 5.23. The highest BCUT2D eigenvalue weighted by molar-refractivity contribution is 7.12. The smallest absolute Gasteiger partial charge is 0.111 e. The first-order valence-electron chi connectivity index (χ1n) is 6.28. The number of rotatable bonds is 2. The minimum atomic E-state index is -0.0442. The van der Waals surface area contributed by atoms with Crippen LogP contribution in [0, 0.1) is 12.3 Å². The van der Waals surface area contributed by atoms with Crippen LogP contribution in [-0.4, -0.2) is 4.98 Å². The van der Waals surface area contributed by atoms with Gasteiger partial charge in [-0.25, -0.2) is 4.98 Å². The maximum Gasteiger partial charge on any atom is 0.111 e. The zero-order valence-corrected chi connectivity index (χ0v) is 13.3. The van der Waals surface area contributed by atoms with Gasteiger partial charge in [0.05, 0.1) is 11.7 Å². The number of aryl methyl sites for hydroxylation is 1. The molecule has 2 rings (SSSR count). The Bertz CT molecular complexity index is 567. The monoisotopic (exact) mass is 294 g/mol. The molecule has 0 spiro atoms. The average Bonchev–Trinajstić information content (AvgIpc) is 2.70. The van der Waals surface area contributed by atoms with Crippen LogP contribution < -0.4 is 5.73 Å². The van der Waals surface area contributed by atoms with Crippen molar-refractivity contribution in [3.63, 3.8) is 0 Å². The van der Waals surface area contributed by atoms with E-state index in [-0.39, 0.29) is 11.5 Å². The molecule has 102 valence electrons. The molecule has 2 nitrogen and oxygen atoms in total. The molecule has 1 aromatic carbocycles. The lowest BCUT2D eigenvalue weighted by molar-refractivity contribution is 0.326. The molecule has 0 radical (unpaired) electrons. The third kappa shape index (κ3) is 3.16. The fraction of sp³-hybridized carbons (Fsp3) is 0.400. The molecule has 2 N–H and O–H groups in total. The van der Waals surface area contributed by atoms with Crippen LogP contribution in [0.2, 0.25) is 5.02 Å². The Kier molecular flexibility index (Phi) is 4.00. The van der Waals surface area contributed by atoms with E-state index >= 15 is 0 Å². The van der Waals surface area contributed by atoms with Crippen LogP contribution in [0.3, 0.4) is 0 Å². The third-order valence-electron chi connectivity index (χ3n) is 3.13. The van der Waals surface area contributed by atoms with Crippen molar-refractivity contribution in [2.45, 2.75) is 33.7 Å². The van der Waals surface area contributed by atoms with Crippen LogP contribution in [-0.2, 0) is 0 Å². The Morgan fingerprint density at radius 1 is 1.21 bits per heavy atom. The van der Waals surface area contributed by atoms with E-state index in [0.29, 0.717) is 0 Å². The molecule has 0 saturated heterocycles. The fourth-order valence-electron chi connectivity index (χ4n) is 1.80. The highest BCUT2D eigenvalue weighted by Crippen LogP contribution is 2.36. The number of halogens is 1. The molecule has 19 heavy (non-hydrogen) atoms. The van der Waals surface area contributed by atoms with Crippen molar-refractivity contribution in [1.82, 2.24) is 4.98 Å². The number of benzene rings is 1.